The molecule has 0 saturated carbocycles. The number of fused-ring (bicyclic) bond motifs is 6. The molecule has 66 heavy (non-hydrogen) atoms. The number of esters is 1. The fourth-order valence-corrected chi connectivity index (χ4v) is 7.01. The van der Waals surface area contributed by atoms with E-state index in [0.717, 1.165) is 44.5 Å². The van der Waals surface area contributed by atoms with Crippen LogP contribution in [0.4, 0.5) is 9.59 Å². The number of carboxylic acids is 1. The number of phenolic OH excluding ortho intramolecular Hbond substituents is 1. The maximum Gasteiger partial charge on any atom is 0.407 e. The molecule has 18 heteroatoms. The molecule has 0 spiro atoms. The van der Waals surface area contributed by atoms with Crippen LogP contribution in [0.5, 0.6) is 11.5 Å². The molecule has 6 aromatic carbocycles. The molecule has 2 aliphatic carbocycles. The second-order valence-corrected chi connectivity index (χ2v) is 60.8. The number of rotatable bonds is 11. The summed E-state index contributed by atoms with van der Waals surface area (Å²) in [4.78, 5) is 67.1. The van der Waals surface area contributed by atoms with Crippen molar-refractivity contribution >= 4 is 120 Å². The summed E-state index contributed by atoms with van der Waals surface area (Å²) < 4.78 is 15.4. The summed E-state index contributed by atoms with van der Waals surface area (Å²) in [7, 11) is 0. The minimum atomic E-state index is -1.10. The summed E-state index contributed by atoms with van der Waals surface area (Å²) in [6, 6.07) is 44.9. The zero-order valence-electron chi connectivity index (χ0n) is 34.5. The highest BCUT2D eigenvalue weighted by Gasteiger charge is 2.30. The number of carboxylic acid groups (broad SMARTS) is 1. The number of hydrogen-bond acceptors (Lipinski definition) is 10. The van der Waals surface area contributed by atoms with Gasteiger partial charge < -0.3 is 35.1 Å². The Hall–Kier alpha value is -4.79. The Morgan fingerprint density at radius 3 is 1.26 bits per heavy atom. The molecule has 0 radical (unpaired) electrons. The molecule has 8 rings (SSSR count). The number of nitrogens with one attached hydrogen (secondary N) is 2. The maximum absolute atomic E-state index is 12.1. The molecule has 6 aromatic rings. The number of benzene rings is 6. The van der Waals surface area contributed by atoms with Crippen LogP contribution in [0.3, 0.4) is 0 Å². The van der Waals surface area contributed by atoms with Crippen molar-refractivity contribution in [3.8, 4) is 33.8 Å². The fraction of sp³-hybridized carbons (Fsp3) is 0.125. The summed E-state index contributed by atoms with van der Waals surface area (Å²) in [6.45, 7) is -0.483. The van der Waals surface area contributed by atoms with Crippen molar-refractivity contribution < 1.29 is 53.2 Å². The molecule has 0 aliphatic heterocycles. The Morgan fingerprint density at radius 2 is 0.879 bits per heavy atom. The number of para-hydroxylation sites is 2. The SMILES string of the molecule is IS(I)(I)I.O=C(O)CNC(=O)OCC1c2ccccc2-c2ccccc21.O=Cc1ccccc1O.O=Cc1ccccc1OC(=O)CNC(=O)OCC1c2ccccc2-c2ccccc21. The average Bonchev–Trinajstić information content (AvgIpc) is 3.81. The summed E-state index contributed by atoms with van der Waals surface area (Å²) in [5.74, 6) is -1.71. The predicted molar refractivity (Wildman–Crippen MR) is 288 cm³/mol. The van der Waals surface area contributed by atoms with E-state index in [2.05, 4.69) is 120 Å². The second-order valence-electron chi connectivity index (χ2n) is 13.9. The number of alkyl carbamates (subject to hydrolysis) is 2. The van der Waals surface area contributed by atoms with Gasteiger partial charge in [0, 0.05) is 96.7 Å². The Kier molecular flexibility index (Phi) is 20.5. The van der Waals surface area contributed by atoms with Crippen LogP contribution >= 0.6 is 83.5 Å². The Bertz CT molecular complexity index is 2580. The first kappa shape index (κ1) is 52.2. The van der Waals surface area contributed by atoms with Crippen molar-refractivity contribution in [2.24, 2.45) is 0 Å². The predicted octanol–water partition coefficient (Wildman–Crippen LogP) is 11.9. The molecular formula is C48H40I4N2O11S. The first-order chi connectivity index (χ1) is 31.7. The lowest BCUT2D eigenvalue weighted by Crippen LogP contribution is -2.33. The monoisotopic (exact) mass is 1360 g/mol. The van der Waals surface area contributed by atoms with Gasteiger partial charge in [-0.2, -0.15) is 0 Å². The van der Waals surface area contributed by atoms with E-state index < -0.39 is 30.7 Å². The molecule has 342 valence electrons. The number of aldehydes is 2. The van der Waals surface area contributed by atoms with Gasteiger partial charge in [-0.25, -0.2) is 14.4 Å². The highest BCUT2D eigenvalue weighted by atomic mass is 127. The van der Waals surface area contributed by atoms with Gasteiger partial charge in [0.15, 0.2) is 12.6 Å². The van der Waals surface area contributed by atoms with E-state index in [0.29, 0.717) is 18.1 Å². The molecule has 2 aliphatic rings. The number of ether oxygens (including phenoxy) is 3. The number of hydrogen-bond donors (Lipinski definition) is 4. The van der Waals surface area contributed by atoms with Crippen LogP contribution in [0, 0.1) is 0 Å². The topological polar surface area (TPSA) is 195 Å². The zero-order chi connectivity index (χ0) is 47.6. The van der Waals surface area contributed by atoms with E-state index in [1.165, 1.54) is 18.2 Å². The van der Waals surface area contributed by atoms with Gasteiger partial charge in [-0.05, 0) is 67.5 Å². The highest BCUT2D eigenvalue weighted by molar-refractivity contribution is 14.6. The first-order valence-corrected chi connectivity index (χ1v) is 31.5. The largest absolute Gasteiger partial charge is 0.507 e. The van der Waals surface area contributed by atoms with Gasteiger partial charge in [0.05, 0.1) is 11.1 Å². The quantitative estimate of drug-likeness (QED) is 0.0417. The lowest BCUT2D eigenvalue weighted by molar-refractivity contribution is -0.136. The molecule has 0 atom stereocenters. The summed E-state index contributed by atoms with van der Waals surface area (Å²) >= 11 is 9.68. The number of aromatic hydroxyl groups is 1. The molecule has 0 aromatic heterocycles. The molecule has 0 heterocycles. The highest BCUT2D eigenvalue weighted by Crippen LogP contribution is 2.77. The zero-order valence-corrected chi connectivity index (χ0v) is 43.9. The molecule has 0 fully saturated rings. The minimum Gasteiger partial charge on any atom is -0.507 e. The lowest BCUT2D eigenvalue weighted by atomic mass is 9.98. The Morgan fingerprint density at radius 1 is 0.530 bits per heavy atom. The van der Waals surface area contributed by atoms with Crippen molar-refractivity contribution in [3.63, 3.8) is 0 Å². The van der Waals surface area contributed by atoms with Crippen LogP contribution in [0.15, 0.2) is 146 Å². The van der Waals surface area contributed by atoms with E-state index in [1.807, 2.05) is 72.8 Å². The van der Waals surface area contributed by atoms with E-state index in [4.69, 9.17) is 24.4 Å². The number of carbonyl (C=O) groups excluding carboxylic acids is 5. The molecule has 0 bridgehead atoms. The van der Waals surface area contributed by atoms with Gasteiger partial charge in [0.2, 0.25) is 0 Å². The third-order valence-corrected chi connectivity index (χ3v) is 9.78. The number of phenols is 1. The normalized spacial score (nSPS) is 11.9. The van der Waals surface area contributed by atoms with Crippen LogP contribution in [-0.4, -0.2) is 73.2 Å². The van der Waals surface area contributed by atoms with Gasteiger partial charge in [-0.1, -0.05) is 121 Å². The number of aliphatic carboxylic acids is 1. The first-order valence-electron chi connectivity index (χ1n) is 19.7. The summed E-state index contributed by atoms with van der Waals surface area (Å²) in [5.41, 5.74) is 9.62. The van der Waals surface area contributed by atoms with E-state index in [9.17, 15) is 28.8 Å². The lowest BCUT2D eigenvalue weighted by Gasteiger charge is -2.14. The Labute approximate surface area is 430 Å². The Balaban J connectivity index is 0.000000197. The van der Waals surface area contributed by atoms with Gasteiger partial charge in [-0.15, -0.1) is 0 Å². The van der Waals surface area contributed by atoms with Gasteiger partial charge in [0.1, 0.15) is 37.8 Å². The van der Waals surface area contributed by atoms with Crippen molar-refractivity contribution in [2.75, 3.05) is 26.3 Å². The molecule has 4 N–H and O–H groups in total. The molecule has 0 saturated heterocycles. The third-order valence-electron chi connectivity index (χ3n) is 9.78. The van der Waals surface area contributed by atoms with Gasteiger partial charge >= 0.3 is 24.1 Å². The molecule has 2 amide bonds. The van der Waals surface area contributed by atoms with Crippen molar-refractivity contribution in [3.05, 3.63) is 179 Å². The number of amides is 2. The molecule has 0 unspecified atom stereocenters. The summed E-state index contributed by atoms with van der Waals surface area (Å²) in [6.07, 6.45) is -0.210. The van der Waals surface area contributed by atoms with Crippen molar-refractivity contribution in [1.82, 2.24) is 10.6 Å². The van der Waals surface area contributed by atoms with Gasteiger partial charge in [-0.3, -0.25) is 14.4 Å². The third kappa shape index (κ3) is 15.7. The molecular weight excluding hydrogens is 1320 g/mol. The van der Waals surface area contributed by atoms with E-state index in [1.54, 1.807) is 30.3 Å². The number of halogens is 4. The van der Waals surface area contributed by atoms with Crippen molar-refractivity contribution in [2.45, 2.75) is 11.8 Å². The van der Waals surface area contributed by atoms with Crippen molar-refractivity contribution in [1.29, 1.82) is 0 Å². The second kappa shape index (κ2) is 25.9. The minimum absolute atomic E-state index is 0.0250. The standard InChI is InChI=1S/C24H19NO5.C17H15NO4.C7H6O2.I4S/c26-14-16-7-1-6-12-22(16)30-23(27)13-25-24(28)29-15-21-19-10-4-2-8-17(19)18-9-3-5-11-20(18)21;19-16(20)9-18-17(21)22-10-15-13-7-3-1-5-11(13)12-6-2-4-8-14(12)15;8-5-6-3-1-2-4-7(6)9;1-5(2,3)4/h1-12,14,21H,13,15H2,(H,25,28);1-8,15H,9-10H2,(H,18,21)(H,19,20);1-5,9H;. The van der Waals surface area contributed by atoms with Crippen LogP contribution in [0.25, 0.3) is 22.3 Å². The average molecular weight is 1360 g/mol. The number of carbonyl (C=O) groups is 6. The summed E-state index contributed by atoms with van der Waals surface area (Å²) in [5, 5.41) is 22.0. The van der Waals surface area contributed by atoms with E-state index in [-0.39, 0.29) is 47.4 Å². The van der Waals surface area contributed by atoms with E-state index >= 15 is 0 Å². The van der Waals surface area contributed by atoms with Crippen LogP contribution in [0.1, 0.15) is 54.8 Å². The smallest absolute Gasteiger partial charge is 0.407 e. The fourth-order valence-electron chi connectivity index (χ4n) is 7.01. The van der Waals surface area contributed by atoms with Crippen LogP contribution < -0.4 is 15.4 Å². The maximum atomic E-state index is 12.1. The van der Waals surface area contributed by atoms with Crippen LogP contribution in [0.2, 0.25) is 0 Å². The molecule has 13 nitrogen and oxygen atoms in total. The van der Waals surface area contributed by atoms with Gasteiger partial charge in [0.25, 0.3) is 0 Å². The van der Waals surface area contributed by atoms with Crippen LogP contribution in [-0.2, 0) is 19.1 Å².